The molecule has 0 unspecified atom stereocenters. The molecule has 3 aromatic rings. The molecule has 0 atom stereocenters. The molecule has 2 heterocycles. The van der Waals surface area contributed by atoms with Gasteiger partial charge in [0, 0.05) is 28.6 Å². The third-order valence-electron chi connectivity index (χ3n) is 3.41. The Morgan fingerprint density at radius 2 is 2.17 bits per heavy atom. The first-order valence-corrected chi connectivity index (χ1v) is 7.32. The number of fused-ring (bicyclic) bond motifs is 1. The normalized spacial score (nSPS) is 11.1. The fourth-order valence-corrected chi connectivity index (χ4v) is 2.45. The van der Waals surface area contributed by atoms with Crippen molar-refractivity contribution in [2.45, 2.75) is 25.4 Å². The van der Waals surface area contributed by atoms with E-state index < -0.39 is 5.63 Å². The van der Waals surface area contributed by atoms with Crippen molar-refractivity contribution in [1.82, 2.24) is 14.9 Å². The predicted octanol–water partition coefficient (Wildman–Crippen LogP) is 1.11. The van der Waals surface area contributed by atoms with Crippen LogP contribution in [0, 0.1) is 6.92 Å². The minimum absolute atomic E-state index is 0. The Morgan fingerprint density at radius 3 is 2.88 bits per heavy atom. The minimum Gasteiger partial charge on any atom is -0.872 e. The number of benzene rings is 1. The number of nitrogens with zero attached hydrogens (tertiary/aromatic N) is 4. The maximum absolute atomic E-state index is 12.1. The molecule has 3 rings (SSSR count). The van der Waals surface area contributed by atoms with E-state index in [9.17, 15) is 9.90 Å². The van der Waals surface area contributed by atoms with Gasteiger partial charge in [-0.25, -0.2) is 9.47 Å². The fraction of sp³-hybridized carbons (Fsp3) is 0.200. The number of rotatable bonds is 3. The summed E-state index contributed by atoms with van der Waals surface area (Å²) >= 11 is 5.05. The van der Waals surface area contributed by atoms with Crippen molar-refractivity contribution >= 4 is 29.8 Å². The largest absolute Gasteiger partial charge is 2.00 e. The molecule has 2 aromatic heterocycles. The van der Waals surface area contributed by atoms with Crippen molar-refractivity contribution < 1.29 is 26.6 Å². The second-order valence-electron chi connectivity index (χ2n) is 4.91. The van der Waals surface area contributed by atoms with Crippen molar-refractivity contribution in [3.05, 3.63) is 45.6 Å². The molecule has 0 amide bonds. The standard InChI is InChI=1S/C15H14N4O3S.Cu/c1-3-12-17-18-15(23)19(12)16-7-10-11(20)5-4-9-8(2)6-13(21)22-14(9)10;/h4-7,20H,3H2,1-2H3,(H,18,23);/q;+2/p-2/b16-7+;. The summed E-state index contributed by atoms with van der Waals surface area (Å²) in [7, 11) is 0. The minimum atomic E-state index is -0.516. The Hall–Kier alpha value is -2.22. The zero-order valence-corrected chi connectivity index (χ0v) is 14.5. The molecule has 0 bridgehead atoms. The maximum atomic E-state index is 12.1. The molecule has 9 heteroatoms. The zero-order valence-electron chi connectivity index (χ0n) is 12.7. The van der Waals surface area contributed by atoms with Gasteiger partial charge in [-0.2, -0.15) is 10.2 Å². The van der Waals surface area contributed by atoms with Crippen LogP contribution in [0.2, 0.25) is 0 Å². The van der Waals surface area contributed by atoms with Crippen molar-refractivity contribution in [2.75, 3.05) is 0 Å². The first-order valence-electron chi connectivity index (χ1n) is 6.91. The third kappa shape index (κ3) is 3.19. The second-order valence-corrected chi connectivity index (χ2v) is 5.28. The summed E-state index contributed by atoms with van der Waals surface area (Å²) in [5.41, 5.74) is 0.614. The van der Waals surface area contributed by atoms with Gasteiger partial charge in [-0.3, -0.25) is 0 Å². The Labute approximate surface area is 153 Å². The van der Waals surface area contributed by atoms with Crippen molar-refractivity contribution in [3.63, 3.8) is 0 Å². The van der Waals surface area contributed by atoms with Crippen LogP contribution in [0.3, 0.4) is 0 Å². The topological polar surface area (TPSA) is 96.3 Å². The fourth-order valence-electron chi connectivity index (χ4n) is 2.26. The first-order chi connectivity index (χ1) is 11.0. The van der Waals surface area contributed by atoms with Gasteiger partial charge in [0.05, 0.1) is 6.21 Å². The summed E-state index contributed by atoms with van der Waals surface area (Å²) in [5.74, 6) is 0.281. The monoisotopic (exact) mass is 391 g/mol. The Morgan fingerprint density at radius 1 is 1.42 bits per heavy atom. The van der Waals surface area contributed by atoms with Crippen LogP contribution in [0.4, 0.5) is 0 Å². The van der Waals surface area contributed by atoms with Crippen LogP contribution in [-0.4, -0.2) is 21.1 Å². The summed E-state index contributed by atoms with van der Waals surface area (Å²) in [6, 6.07) is 4.42. The molecule has 0 fully saturated rings. The van der Waals surface area contributed by atoms with E-state index in [0.29, 0.717) is 17.6 Å². The second kappa shape index (κ2) is 7.12. The molecule has 7 nitrogen and oxygen atoms in total. The average molecular weight is 392 g/mol. The number of hydrogen-bond acceptors (Lipinski definition) is 7. The van der Waals surface area contributed by atoms with Gasteiger partial charge in [0.15, 0.2) is 5.82 Å². The molecule has 24 heavy (non-hydrogen) atoms. The molecule has 127 valence electrons. The molecule has 1 aromatic carbocycles. The molecule has 0 saturated carbocycles. The van der Waals surface area contributed by atoms with Gasteiger partial charge in [-0.05, 0) is 12.5 Å². The summed E-state index contributed by atoms with van der Waals surface area (Å²) < 4.78 is 6.57. The maximum Gasteiger partial charge on any atom is 2.00 e. The quantitative estimate of drug-likeness (QED) is 0.287. The van der Waals surface area contributed by atoms with E-state index >= 15 is 0 Å². The Kier molecular flexibility index (Phi) is 5.38. The van der Waals surface area contributed by atoms with Gasteiger partial charge in [0.25, 0.3) is 0 Å². The van der Waals surface area contributed by atoms with Gasteiger partial charge in [0.2, 0.25) is 0 Å². The van der Waals surface area contributed by atoms with Gasteiger partial charge < -0.3 is 22.2 Å². The average Bonchev–Trinajstić information content (AvgIpc) is 2.86. The zero-order chi connectivity index (χ0) is 16.6. The van der Waals surface area contributed by atoms with Crippen LogP contribution < -0.4 is 10.7 Å². The van der Waals surface area contributed by atoms with E-state index in [4.69, 9.17) is 17.0 Å². The molecule has 0 aliphatic rings. The molecular weight excluding hydrogens is 380 g/mol. The summed E-state index contributed by atoms with van der Waals surface area (Å²) in [6.07, 6.45) is 1.92. The molecule has 0 saturated heterocycles. The van der Waals surface area contributed by atoms with Crippen LogP contribution in [0.15, 0.2) is 37.7 Å². The third-order valence-corrected chi connectivity index (χ3v) is 3.67. The van der Waals surface area contributed by atoms with Crippen LogP contribution in [0.5, 0.6) is 5.75 Å². The summed E-state index contributed by atoms with van der Waals surface area (Å²) in [6.45, 7) is 3.67. The van der Waals surface area contributed by atoms with Gasteiger partial charge >= 0.3 is 22.7 Å². The summed E-state index contributed by atoms with van der Waals surface area (Å²) in [5, 5.41) is 24.9. The van der Waals surface area contributed by atoms with Gasteiger partial charge in [-0.1, -0.05) is 24.8 Å². The molecule has 0 N–H and O–H groups in total. The van der Waals surface area contributed by atoms with E-state index in [1.54, 1.807) is 13.0 Å². The molecule has 1 radical (unpaired) electrons. The smallest absolute Gasteiger partial charge is 0.872 e. The van der Waals surface area contributed by atoms with E-state index in [2.05, 4.69) is 15.3 Å². The van der Waals surface area contributed by atoms with Crippen molar-refractivity contribution in [2.24, 2.45) is 5.10 Å². The Bertz CT molecular complexity index is 981. The van der Waals surface area contributed by atoms with E-state index in [0.717, 1.165) is 5.56 Å². The van der Waals surface area contributed by atoms with E-state index in [-0.39, 0.29) is 39.1 Å². The molecule has 0 spiro atoms. The van der Waals surface area contributed by atoms with E-state index in [1.165, 1.54) is 23.0 Å². The van der Waals surface area contributed by atoms with Gasteiger partial charge in [-0.15, -0.1) is 5.10 Å². The first kappa shape index (κ1) is 18.1. The van der Waals surface area contributed by atoms with Gasteiger partial charge in [0.1, 0.15) is 5.58 Å². The number of hydrogen-bond donors (Lipinski definition) is 0. The van der Waals surface area contributed by atoms with Crippen LogP contribution in [-0.2, 0) is 36.1 Å². The van der Waals surface area contributed by atoms with Crippen LogP contribution in [0.25, 0.3) is 11.0 Å². The van der Waals surface area contributed by atoms with Crippen molar-refractivity contribution in [3.8, 4) is 5.75 Å². The molecule has 0 aliphatic carbocycles. The van der Waals surface area contributed by atoms with Crippen LogP contribution >= 0.6 is 0 Å². The van der Waals surface area contributed by atoms with Crippen LogP contribution in [0.1, 0.15) is 23.9 Å². The SMILES string of the molecule is CCc1nnc([S-])n1/N=C/c1c([O-])ccc2c(C)cc(=O)oc12.[Cu+2]. The summed E-state index contributed by atoms with van der Waals surface area (Å²) in [4.78, 5) is 11.6. The number of aromatic nitrogens is 3. The predicted molar refractivity (Wildman–Crippen MR) is 84.7 cm³/mol. The molecular formula is C15H12CuN4O3S. The van der Waals surface area contributed by atoms with Crippen molar-refractivity contribution in [1.29, 1.82) is 0 Å². The molecule has 0 aliphatic heterocycles. The number of aryl methyl sites for hydroxylation is 2. The Balaban J connectivity index is 0.00000208. The van der Waals surface area contributed by atoms with E-state index in [1.807, 2.05) is 6.92 Å².